The first-order valence-corrected chi connectivity index (χ1v) is 8.11. The van der Waals surface area contributed by atoms with Crippen molar-refractivity contribution in [3.8, 4) is 0 Å². The predicted octanol–water partition coefficient (Wildman–Crippen LogP) is 4.89. The number of hydrogen-bond acceptors (Lipinski definition) is 3. The first-order chi connectivity index (χ1) is 10.1. The van der Waals surface area contributed by atoms with Crippen molar-refractivity contribution >= 4 is 11.9 Å². The maximum atomic E-state index is 13.4. The van der Waals surface area contributed by atoms with E-state index in [1.807, 2.05) is 13.8 Å². The van der Waals surface area contributed by atoms with E-state index in [0.717, 1.165) is 6.07 Å². The molecule has 1 aromatic rings. The van der Waals surface area contributed by atoms with E-state index >= 15 is 0 Å². The zero-order valence-corrected chi connectivity index (χ0v) is 15.0. The fourth-order valence-electron chi connectivity index (χ4n) is 1.22. The Labute approximate surface area is 136 Å². The van der Waals surface area contributed by atoms with Crippen LogP contribution in [-0.4, -0.2) is 16.5 Å². The van der Waals surface area contributed by atoms with E-state index in [1.165, 1.54) is 24.1 Å². The van der Waals surface area contributed by atoms with Gasteiger partial charge in [0.2, 0.25) is 0 Å². The third-order valence-electron chi connectivity index (χ3n) is 2.41. The Morgan fingerprint density at radius 1 is 1.18 bits per heavy atom. The summed E-state index contributed by atoms with van der Waals surface area (Å²) in [4.78, 5) is 0. The molecule has 0 saturated carbocycles. The largest absolute Gasteiger partial charge is 0.390 e. The molecular formula is C16H28F3NOS. The molecule has 0 bridgehead atoms. The molecule has 22 heavy (non-hydrogen) atoms. The fraction of sp³-hybridized carbons (Fsp3) is 0.625. The van der Waals surface area contributed by atoms with Crippen LogP contribution in [0.1, 0.15) is 52.7 Å². The van der Waals surface area contributed by atoms with E-state index < -0.39 is 23.9 Å². The van der Waals surface area contributed by atoms with Crippen molar-refractivity contribution in [2.45, 2.75) is 58.6 Å². The van der Waals surface area contributed by atoms with Gasteiger partial charge in [-0.1, -0.05) is 44.9 Å². The normalized spacial score (nSPS) is 11.0. The van der Waals surface area contributed by atoms with Gasteiger partial charge in [0.25, 0.3) is 5.92 Å². The summed E-state index contributed by atoms with van der Waals surface area (Å²) in [6.45, 7) is 10.5. The number of aryl methyl sites for hydroxylation is 1. The number of halogens is 3. The molecule has 0 amide bonds. The Kier molecular flexibility index (Phi) is 11.7. The van der Waals surface area contributed by atoms with Crippen LogP contribution in [0.4, 0.5) is 13.2 Å². The van der Waals surface area contributed by atoms with Crippen molar-refractivity contribution in [3.05, 3.63) is 35.1 Å². The topological polar surface area (TPSA) is 46.2 Å². The molecule has 2 nitrogen and oxygen atoms in total. The highest BCUT2D eigenvalue weighted by atomic mass is 32.2. The second kappa shape index (κ2) is 10.9. The van der Waals surface area contributed by atoms with Gasteiger partial charge in [-0.15, -0.1) is 0 Å². The number of aliphatic hydroxyl groups excluding tert-OH is 1. The molecule has 130 valence electrons. The van der Waals surface area contributed by atoms with Crippen LogP contribution < -0.4 is 5.14 Å². The molecule has 0 aliphatic carbocycles. The van der Waals surface area contributed by atoms with Crippen LogP contribution in [0.3, 0.4) is 0 Å². The molecule has 0 radical (unpaired) electrons. The number of aliphatic hydroxyl groups is 1. The van der Waals surface area contributed by atoms with E-state index in [-0.39, 0.29) is 10.3 Å². The SMILES string of the molecule is CC.CC(C)(C)SN.CCc1cccc(C(F)(F)CO)c1F. The van der Waals surface area contributed by atoms with Crippen molar-refractivity contribution in [2.24, 2.45) is 5.14 Å². The lowest BCUT2D eigenvalue weighted by Gasteiger charge is -2.15. The van der Waals surface area contributed by atoms with Gasteiger partial charge in [0.1, 0.15) is 12.4 Å². The molecule has 0 aliphatic rings. The molecule has 0 heterocycles. The predicted molar refractivity (Wildman–Crippen MR) is 89.6 cm³/mol. The van der Waals surface area contributed by atoms with E-state index in [0.29, 0.717) is 6.42 Å². The molecule has 0 atom stereocenters. The Morgan fingerprint density at radius 2 is 1.64 bits per heavy atom. The van der Waals surface area contributed by atoms with Gasteiger partial charge < -0.3 is 5.11 Å². The molecule has 6 heteroatoms. The summed E-state index contributed by atoms with van der Waals surface area (Å²) < 4.78 is 39.5. The molecule has 0 unspecified atom stereocenters. The van der Waals surface area contributed by atoms with Gasteiger partial charge in [-0.2, -0.15) is 8.78 Å². The standard InChI is InChI=1S/C10H11F3O.C4H11NS.C2H6/c1-2-7-4-3-5-8(9(7)11)10(12,13)6-14;1-4(2,3)6-5;1-2/h3-5,14H,2,6H2,1H3;5H2,1-3H3;1-2H3. The highest BCUT2D eigenvalue weighted by Crippen LogP contribution is 2.30. The van der Waals surface area contributed by atoms with Crippen molar-refractivity contribution in [1.82, 2.24) is 0 Å². The van der Waals surface area contributed by atoms with E-state index in [1.54, 1.807) is 6.92 Å². The molecule has 0 aromatic heterocycles. The summed E-state index contributed by atoms with van der Waals surface area (Å²) in [5, 5.41) is 13.6. The van der Waals surface area contributed by atoms with Crippen molar-refractivity contribution in [2.75, 3.05) is 6.61 Å². The van der Waals surface area contributed by atoms with Crippen LogP contribution in [0.2, 0.25) is 0 Å². The van der Waals surface area contributed by atoms with Crippen molar-refractivity contribution < 1.29 is 18.3 Å². The van der Waals surface area contributed by atoms with Crippen LogP contribution in [0, 0.1) is 5.82 Å². The highest BCUT2D eigenvalue weighted by Gasteiger charge is 2.34. The van der Waals surface area contributed by atoms with E-state index in [9.17, 15) is 13.2 Å². The van der Waals surface area contributed by atoms with Crippen LogP contribution in [-0.2, 0) is 12.3 Å². The highest BCUT2D eigenvalue weighted by molar-refractivity contribution is 7.98. The minimum Gasteiger partial charge on any atom is -0.390 e. The first kappa shape index (κ1) is 23.5. The summed E-state index contributed by atoms with van der Waals surface area (Å²) in [6, 6.07) is 3.80. The quantitative estimate of drug-likeness (QED) is 0.771. The second-order valence-corrected chi connectivity index (χ2v) is 6.69. The Morgan fingerprint density at radius 3 is 1.95 bits per heavy atom. The monoisotopic (exact) mass is 339 g/mol. The number of rotatable bonds is 3. The zero-order valence-electron chi connectivity index (χ0n) is 14.2. The minimum atomic E-state index is -3.50. The van der Waals surface area contributed by atoms with Gasteiger partial charge in [-0.05, 0) is 38.8 Å². The Bertz CT molecular complexity index is 420. The van der Waals surface area contributed by atoms with Crippen molar-refractivity contribution in [1.29, 1.82) is 0 Å². The van der Waals surface area contributed by atoms with Crippen LogP contribution in [0.15, 0.2) is 18.2 Å². The molecule has 0 saturated heterocycles. The minimum absolute atomic E-state index is 0.232. The first-order valence-electron chi connectivity index (χ1n) is 7.23. The molecule has 0 fully saturated rings. The summed E-state index contributed by atoms with van der Waals surface area (Å²) in [5.41, 5.74) is -0.505. The molecule has 1 aromatic carbocycles. The number of benzene rings is 1. The second-order valence-electron chi connectivity index (χ2n) is 5.23. The summed E-state index contributed by atoms with van der Waals surface area (Å²) >= 11 is 1.38. The summed E-state index contributed by atoms with van der Waals surface area (Å²) in [5.74, 6) is -4.43. The van der Waals surface area contributed by atoms with E-state index in [4.69, 9.17) is 10.2 Å². The number of hydrogen-bond donors (Lipinski definition) is 2. The van der Waals surface area contributed by atoms with Crippen LogP contribution >= 0.6 is 11.9 Å². The fourth-order valence-corrected chi connectivity index (χ4v) is 1.22. The molecule has 0 spiro atoms. The number of nitrogens with two attached hydrogens (primary N) is 1. The van der Waals surface area contributed by atoms with Gasteiger partial charge in [0.05, 0.1) is 5.56 Å². The van der Waals surface area contributed by atoms with Gasteiger partial charge in [-0.3, -0.25) is 5.14 Å². The maximum absolute atomic E-state index is 13.4. The maximum Gasteiger partial charge on any atom is 0.298 e. The Balaban J connectivity index is 0. The van der Waals surface area contributed by atoms with Gasteiger partial charge in [0, 0.05) is 4.75 Å². The smallest absolute Gasteiger partial charge is 0.298 e. The average molecular weight is 339 g/mol. The van der Waals surface area contributed by atoms with Crippen LogP contribution in [0.25, 0.3) is 0 Å². The third-order valence-corrected chi connectivity index (χ3v) is 3.11. The van der Waals surface area contributed by atoms with Gasteiger partial charge in [0.15, 0.2) is 0 Å². The van der Waals surface area contributed by atoms with Crippen molar-refractivity contribution in [3.63, 3.8) is 0 Å². The lowest BCUT2D eigenvalue weighted by molar-refractivity contribution is -0.0583. The zero-order chi connectivity index (χ0) is 18.0. The average Bonchev–Trinajstić information content (AvgIpc) is 2.49. The number of alkyl halides is 2. The van der Waals surface area contributed by atoms with Gasteiger partial charge >= 0.3 is 0 Å². The lowest BCUT2D eigenvalue weighted by atomic mass is 10.0. The summed E-state index contributed by atoms with van der Waals surface area (Å²) in [7, 11) is 0. The van der Waals surface area contributed by atoms with Gasteiger partial charge in [-0.25, -0.2) is 4.39 Å². The molecule has 1 rings (SSSR count). The van der Waals surface area contributed by atoms with E-state index in [2.05, 4.69) is 20.8 Å². The third kappa shape index (κ3) is 8.66. The molecule has 3 N–H and O–H groups in total. The van der Waals surface area contributed by atoms with Crippen LogP contribution in [0.5, 0.6) is 0 Å². The summed E-state index contributed by atoms with van der Waals surface area (Å²) in [6.07, 6.45) is 0.348. The molecular weight excluding hydrogens is 311 g/mol. The Hall–Kier alpha value is -0.720. The lowest BCUT2D eigenvalue weighted by Crippen LogP contribution is -2.20. The molecule has 0 aliphatic heterocycles.